The van der Waals surface area contributed by atoms with Crippen LogP contribution in [0.2, 0.25) is 0 Å². The average Bonchev–Trinajstić information content (AvgIpc) is 2.59. The van der Waals surface area contributed by atoms with Crippen molar-refractivity contribution in [1.29, 1.82) is 0 Å². The zero-order valence-corrected chi connectivity index (χ0v) is 13.0. The third kappa shape index (κ3) is 2.93. The molecule has 0 unspecified atom stereocenters. The van der Waals surface area contributed by atoms with Crippen LogP contribution >= 0.6 is 11.6 Å². The zero-order chi connectivity index (χ0) is 16.4. The first-order valence-electron chi connectivity index (χ1n) is 6.72. The summed E-state index contributed by atoms with van der Waals surface area (Å²) >= 11 is 5.68. The lowest BCUT2D eigenvalue weighted by Crippen LogP contribution is -2.13. The van der Waals surface area contributed by atoms with Gasteiger partial charge in [-0.05, 0) is 24.3 Å². The molecule has 2 aromatic carbocycles. The van der Waals surface area contributed by atoms with Crippen molar-refractivity contribution >= 4 is 29.1 Å². The molecule has 0 fully saturated rings. The van der Waals surface area contributed by atoms with Crippen molar-refractivity contribution in [2.24, 2.45) is 10.7 Å². The Morgan fingerprint density at radius 2 is 1.91 bits per heavy atom. The highest BCUT2D eigenvalue weighted by atomic mass is 35.5. The molecular formula is C16H13ClN2O4. The van der Waals surface area contributed by atoms with Gasteiger partial charge in [-0.2, -0.15) is 0 Å². The summed E-state index contributed by atoms with van der Waals surface area (Å²) in [6, 6.07) is 10.2. The minimum atomic E-state index is -0.517. The van der Waals surface area contributed by atoms with Crippen LogP contribution in [0.15, 0.2) is 41.4 Å². The average molecular weight is 333 g/mol. The Morgan fingerprint density at radius 1 is 1.22 bits per heavy atom. The fourth-order valence-electron chi connectivity index (χ4n) is 2.12. The van der Waals surface area contributed by atoms with Crippen molar-refractivity contribution < 1.29 is 19.0 Å². The number of esters is 1. The second-order valence-electron chi connectivity index (χ2n) is 4.70. The Hall–Kier alpha value is -2.73. The lowest BCUT2D eigenvalue weighted by Gasteiger charge is -2.22. The number of amidine groups is 1. The molecule has 1 aliphatic heterocycles. The lowest BCUT2D eigenvalue weighted by atomic mass is 10.1. The molecule has 0 saturated heterocycles. The smallest absolute Gasteiger partial charge is 0.338 e. The van der Waals surface area contributed by atoms with Crippen LogP contribution in [0.25, 0.3) is 0 Å². The van der Waals surface area contributed by atoms with Crippen molar-refractivity contribution in [3.05, 3.63) is 42.0 Å². The molecule has 0 saturated carbocycles. The van der Waals surface area contributed by atoms with E-state index in [0.29, 0.717) is 28.7 Å². The zero-order valence-electron chi connectivity index (χ0n) is 12.2. The van der Waals surface area contributed by atoms with E-state index in [9.17, 15) is 4.79 Å². The van der Waals surface area contributed by atoms with E-state index in [1.54, 1.807) is 12.1 Å². The van der Waals surface area contributed by atoms with Crippen molar-refractivity contribution in [2.75, 3.05) is 13.0 Å². The van der Waals surface area contributed by atoms with Gasteiger partial charge in [-0.3, -0.25) is 0 Å². The van der Waals surface area contributed by atoms with E-state index < -0.39 is 5.97 Å². The van der Waals surface area contributed by atoms with Gasteiger partial charge in [-0.1, -0.05) is 12.1 Å². The van der Waals surface area contributed by atoms with Crippen LogP contribution in [0, 0.1) is 0 Å². The Balaban J connectivity index is 2.14. The number of alkyl halides is 1. The Labute approximate surface area is 137 Å². The van der Waals surface area contributed by atoms with Crippen LogP contribution in [-0.2, 0) is 4.74 Å². The van der Waals surface area contributed by atoms with Crippen molar-refractivity contribution in [3.8, 4) is 23.0 Å². The first kappa shape index (κ1) is 15.2. The number of carbonyl (C=O) groups excluding carboxylic acids is 1. The first-order chi connectivity index (χ1) is 11.1. The number of fused-ring (bicyclic) bond motifs is 2. The van der Waals surface area contributed by atoms with E-state index in [1.165, 1.54) is 19.2 Å². The third-order valence-corrected chi connectivity index (χ3v) is 3.41. The molecule has 23 heavy (non-hydrogen) atoms. The molecule has 2 aromatic rings. The van der Waals surface area contributed by atoms with Gasteiger partial charge in [0.05, 0.1) is 18.6 Å². The van der Waals surface area contributed by atoms with Gasteiger partial charge in [0.15, 0.2) is 23.0 Å². The standard InChI is InChI=1S/C16H13ClN2O4/c1-21-16(20)9-6-10(19-14(18)8-17)15-13(7-9)22-11-4-2-3-5-12(11)23-15/h2-7H,8H2,1H3,(H2,18,19). The number of nitrogens with two attached hydrogens (primary N) is 1. The monoisotopic (exact) mass is 332 g/mol. The van der Waals surface area contributed by atoms with E-state index in [2.05, 4.69) is 4.99 Å². The van der Waals surface area contributed by atoms with Gasteiger partial charge in [0.25, 0.3) is 0 Å². The van der Waals surface area contributed by atoms with Gasteiger partial charge < -0.3 is 19.9 Å². The number of nitrogens with zero attached hydrogens (tertiary/aromatic N) is 1. The number of ether oxygens (including phenoxy) is 3. The topological polar surface area (TPSA) is 83.1 Å². The maximum absolute atomic E-state index is 11.8. The summed E-state index contributed by atoms with van der Waals surface area (Å²) < 4.78 is 16.4. The highest BCUT2D eigenvalue weighted by Gasteiger charge is 2.24. The second kappa shape index (κ2) is 6.18. The molecule has 0 bridgehead atoms. The summed E-state index contributed by atoms with van der Waals surface area (Å²) in [6.07, 6.45) is 0. The molecule has 118 valence electrons. The lowest BCUT2D eigenvalue weighted by molar-refractivity contribution is 0.0600. The predicted molar refractivity (Wildman–Crippen MR) is 86.4 cm³/mol. The molecule has 1 aliphatic rings. The highest BCUT2D eigenvalue weighted by molar-refractivity contribution is 6.28. The molecule has 0 spiro atoms. The summed E-state index contributed by atoms with van der Waals surface area (Å²) in [5.41, 5.74) is 6.31. The molecule has 0 amide bonds. The van der Waals surface area contributed by atoms with E-state index in [0.717, 1.165) is 0 Å². The van der Waals surface area contributed by atoms with Gasteiger partial charge in [0.1, 0.15) is 11.5 Å². The number of aliphatic imine (C=N–C) groups is 1. The quantitative estimate of drug-likeness (QED) is 0.343. The van der Waals surface area contributed by atoms with Gasteiger partial charge in [0.2, 0.25) is 0 Å². The van der Waals surface area contributed by atoms with E-state index in [4.69, 9.17) is 31.5 Å². The van der Waals surface area contributed by atoms with Crippen molar-refractivity contribution in [3.63, 3.8) is 0 Å². The largest absolute Gasteiger partial charge is 0.465 e. The van der Waals surface area contributed by atoms with Gasteiger partial charge >= 0.3 is 5.97 Å². The number of hydrogen-bond acceptors (Lipinski definition) is 5. The molecule has 1 heterocycles. The Morgan fingerprint density at radius 3 is 2.57 bits per heavy atom. The van der Waals surface area contributed by atoms with Crippen LogP contribution in [0.4, 0.5) is 5.69 Å². The summed E-state index contributed by atoms with van der Waals surface area (Å²) in [4.78, 5) is 16.0. The minimum Gasteiger partial charge on any atom is -0.465 e. The van der Waals surface area contributed by atoms with E-state index >= 15 is 0 Å². The van der Waals surface area contributed by atoms with E-state index in [-0.39, 0.29) is 17.3 Å². The van der Waals surface area contributed by atoms with Crippen LogP contribution in [0.3, 0.4) is 0 Å². The second-order valence-corrected chi connectivity index (χ2v) is 4.97. The predicted octanol–water partition coefficient (Wildman–Crippen LogP) is 3.60. The van der Waals surface area contributed by atoms with Gasteiger partial charge in [-0.25, -0.2) is 9.79 Å². The summed E-state index contributed by atoms with van der Waals surface area (Å²) in [5.74, 6) is 1.54. The van der Waals surface area contributed by atoms with Gasteiger partial charge in [0, 0.05) is 0 Å². The number of halogens is 1. The maximum atomic E-state index is 11.8. The van der Waals surface area contributed by atoms with Crippen LogP contribution in [0.1, 0.15) is 10.4 Å². The fraction of sp³-hybridized carbons (Fsp3) is 0.125. The third-order valence-electron chi connectivity index (χ3n) is 3.14. The number of methoxy groups -OCH3 is 1. The normalized spacial score (nSPS) is 12.5. The van der Waals surface area contributed by atoms with Crippen molar-refractivity contribution in [1.82, 2.24) is 0 Å². The van der Waals surface area contributed by atoms with Crippen LogP contribution in [0.5, 0.6) is 23.0 Å². The molecule has 0 radical (unpaired) electrons. The maximum Gasteiger partial charge on any atom is 0.338 e. The Bertz CT molecular complexity index is 805. The minimum absolute atomic E-state index is 0.0503. The summed E-state index contributed by atoms with van der Waals surface area (Å²) in [6.45, 7) is 0. The Kier molecular flexibility index (Phi) is 4.08. The van der Waals surface area contributed by atoms with E-state index in [1.807, 2.05) is 12.1 Å². The molecule has 0 aliphatic carbocycles. The number of para-hydroxylation sites is 2. The molecular weight excluding hydrogens is 320 g/mol. The van der Waals surface area contributed by atoms with Crippen LogP contribution < -0.4 is 15.2 Å². The van der Waals surface area contributed by atoms with Crippen LogP contribution in [-0.4, -0.2) is 24.8 Å². The highest BCUT2D eigenvalue weighted by Crippen LogP contribution is 2.50. The summed E-state index contributed by atoms with van der Waals surface area (Å²) in [7, 11) is 1.30. The molecule has 0 atom stereocenters. The molecule has 6 nitrogen and oxygen atoms in total. The molecule has 7 heteroatoms. The van der Waals surface area contributed by atoms with Crippen molar-refractivity contribution in [2.45, 2.75) is 0 Å². The molecule has 2 N–H and O–H groups in total. The SMILES string of the molecule is COC(=O)c1cc(N=C(N)CCl)c2c(c1)Oc1ccccc1O2. The number of hydrogen-bond donors (Lipinski definition) is 1. The molecule has 3 rings (SSSR count). The molecule has 0 aromatic heterocycles. The number of benzene rings is 2. The van der Waals surface area contributed by atoms with Gasteiger partial charge in [-0.15, -0.1) is 11.6 Å². The number of rotatable bonds is 3. The first-order valence-corrected chi connectivity index (χ1v) is 7.26. The fourth-order valence-corrected chi connectivity index (χ4v) is 2.18. The number of carbonyl (C=O) groups is 1. The summed E-state index contributed by atoms with van der Waals surface area (Å²) in [5, 5.41) is 0.